The monoisotopic (exact) mass is 979 g/mol. The van der Waals surface area contributed by atoms with Crippen molar-refractivity contribution in [3.05, 3.63) is 146 Å². The number of carbonyl (C=O) groups is 3. The average molecular weight is 980 g/mol. The summed E-state index contributed by atoms with van der Waals surface area (Å²) in [5.41, 5.74) is 0. The lowest BCUT2D eigenvalue weighted by atomic mass is 10.1. The Morgan fingerprint density at radius 2 is 0.577 bits per heavy atom. The minimum atomic E-state index is -0.837. The molecule has 71 heavy (non-hydrogen) atoms. The Kier molecular flexibility index (Phi) is 54.0. The van der Waals surface area contributed by atoms with Crippen LogP contribution in [0.4, 0.5) is 0 Å². The molecule has 0 aliphatic carbocycles. The summed E-state index contributed by atoms with van der Waals surface area (Å²) in [6.45, 7) is 6.35. The van der Waals surface area contributed by atoms with Gasteiger partial charge in [-0.25, -0.2) is 0 Å². The van der Waals surface area contributed by atoms with E-state index in [0.717, 1.165) is 128 Å². The summed E-state index contributed by atoms with van der Waals surface area (Å²) in [6, 6.07) is 0. The van der Waals surface area contributed by atoms with Crippen molar-refractivity contribution in [1.29, 1.82) is 0 Å². The molecule has 0 aromatic carbocycles. The zero-order valence-electron chi connectivity index (χ0n) is 45.4. The van der Waals surface area contributed by atoms with Gasteiger partial charge in [0.05, 0.1) is 0 Å². The largest absolute Gasteiger partial charge is 0.462 e. The third-order valence-corrected chi connectivity index (χ3v) is 11.3. The molecule has 0 aromatic rings. The molecular weight excluding hydrogens is 877 g/mol. The Balaban J connectivity index is 4.62. The van der Waals surface area contributed by atoms with E-state index in [4.69, 9.17) is 14.2 Å². The van der Waals surface area contributed by atoms with Crippen LogP contribution >= 0.6 is 0 Å². The molecule has 0 fully saturated rings. The van der Waals surface area contributed by atoms with Crippen molar-refractivity contribution in [2.24, 2.45) is 0 Å². The lowest BCUT2D eigenvalue weighted by molar-refractivity contribution is -0.166. The second-order valence-corrected chi connectivity index (χ2v) is 18.1. The quantitative estimate of drug-likeness (QED) is 0.0262. The van der Waals surface area contributed by atoms with Gasteiger partial charge >= 0.3 is 17.9 Å². The predicted molar refractivity (Wildman–Crippen MR) is 306 cm³/mol. The number of esters is 3. The molecule has 0 aliphatic heterocycles. The molecule has 0 aromatic heterocycles. The molecular formula is C65H102O6. The molecule has 0 unspecified atom stereocenters. The number of hydrogen-bond acceptors (Lipinski definition) is 6. The first-order chi connectivity index (χ1) is 35.0. The lowest BCUT2D eigenvalue weighted by Crippen LogP contribution is -2.30. The van der Waals surface area contributed by atoms with Gasteiger partial charge in [-0.05, 0) is 135 Å². The third-order valence-electron chi connectivity index (χ3n) is 11.3. The highest BCUT2D eigenvalue weighted by atomic mass is 16.6. The highest BCUT2D eigenvalue weighted by Gasteiger charge is 2.19. The number of hydrogen-bond donors (Lipinski definition) is 0. The number of unbranched alkanes of at least 4 members (excludes halogenated alkanes) is 14. The maximum atomic E-state index is 12.8. The summed E-state index contributed by atoms with van der Waals surface area (Å²) in [4.78, 5) is 38.1. The van der Waals surface area contributed by atoms with E-state index in [1.807, 2.05) is 12.2 Å². The molecule has 0 spiro atoms. The molecule has 398 valence electrons. The minimum Gasteiger partial charge on any atom is -0.462 e. The minimum absolute atomic E-state index is 0.128. The van der Waals surface area contributed by atoms with E-state index < -0.39 is 6.10 Å². The van der Waals surface area contributed by atoms with Gasteiger partial charge in [-0.1, -0.05) is 218 Å². The fraction of sp³-hybridized carbons (Fsp3) is 0.585. The molecule has 0 aliphatic rings. The summed E-state index contributed by atoms with van der Waals surface area (Å²) < 4.78 is 16.7. The van der Waals surface area contributed by atoms with Gasteiger partial charge in [-0.3, -0.25) is 14.4 Å². The smallest absolute Gasteiger partial charge is 0.306 e. The van der Waals surface area contributed by atoms with E-state index in [0.29, 0.717) is 12.8 Å². The Hall–Kier alpha value is -4.71. The Bertz CT molecular complexity index is 1590. The molecule has 6 heteroatoms. The van der Waals surface area contributed by atoms with Crippen LogP contribution in [0.1, 0.15) is 226 Å². The van der Waals surface area contributed by atoms with Crippen molar-refractivity contribution in [3.63, 3.8) is 0 Å². The van der Waals surface area contributed by atoms with Gasteiger partial charge < -0.3 is 14.2 Å². The molecule has 0 rings (SSSR count). The molecule has 0 heterocycles. The Labute approximate surface area is 436 Å². The van der Waals surface area contributed by atoms with Crippen LogP contribution in [0.5, 0.6) is 0 Å². The van der Waals surface area contributed by atoms with Gasteiger partial charge in [0.25, 0.3) is 0 Å². The van der Waals surface area contributed by atoms with Gasteiger partial charge in [0, 0.05) is 19.3 Å². The van der Waals surface area contributed by atoms with Crippen molar-refractivity contribution in [2.75, 3.05) is 13.2 Å². The molecule has 6 nitrogen and oxygen atoms in total. The fourth-order valence-corrected chi connectivity index (χ4v) is 7.07. The van der Waals surface area contributed by atoms with Gasteiger partial charge in [0.1, 0.15) is 13.2 Å². The normalized spacial score (nSPS) is 13.2. The molecule has 0 radical (unpaired) electrons. The van der Waals surface area contributed by atoms with Crippen molar-refractivity contribution < 1.29 is 28.6 Å². The molecule has 0 saturated heterocycles. The van der Waals surface area contributed by atoms with Crippen LogP contribution in [0.3, 0.4) is 0 Å². The van der Waals surface area contributed by atoms with Gasteiger partial charge in [0.2, 0.25) is 0 Å². The van der Waals surface area contributed by atoms with Crippen LogP contribution in [-0.4, -0.2) is 37.2 Å². The first-order valence-electron chi connectivity index (χ1n) is 28.3. The van der Waals surface area contributed by atoms with E-state index >= 15 is 0 Å². The van der Waals surface area contributed by atoms with Gasteiger partial charge in [-0.2, -0.15) is 0 Å². The number of carbonyl (C=O) groups excluding carboxylic acids is 3. The van der Waals surface area contributed by atoms with Crippen molar-refractivity contribution in [3.8, 4) is 0 Å². The zero-order chi connectivity index (χ0) is 51.4. The van der Waals surface area contributed by atoms with Crippen molar-refractivity contribution in [1.82, 2.24) is 0 Å². The number of rotatable bonds is 49. The number of allylic oxidation sites excluding steroid dienone is 24. The van der Waals surface area contributed by atoms with Crippen LogP contribution in [0.25, 0.3) is 0 Å². The summed E-state index contributed by atoms with van der Waals surface area (Å²) >= 11 is 0. The summed E-state index contributed by atoms with van der Waals surface area (Å²) in [7, 11) is 0. The van der Waals surface area contributed by atoms with E-state index in [2.05, 4.69) is 154 Å². The standard InChI is InChI=1S/C65H102O6/c1-4-7-10-13-16-19-22-25-28-31-32-35-37-40-43-46-49-52-55-58-64(67)70-61-62(71-65(68)59-56-53-50-47-44-41-38-34-30-27-24-21-18-15-12-9-6-3)60-69-63(66)57-54-51-48-45-42-39-36-33-29-26-23-20-17-14-11-8-5-2/h7,10,16-21,25-30,32,35-36,38-41,43,49,52,62H,4-6,8-9,11-15,22-24,31,33-34,37,42,44-48,50-51,53-61H2,1-3H3/b10-7-,19-16-,20-17-,21-18-,28-25-,29-26-,30-27-,35-32-,39-36-,41-38-,43-40-,52-49-/t62-/m1/s1. The maximum Gasteiger partial charge on any atom is 0.306 e. The zero-order valence-corrected chi connectivity index (χ0v) is 45.4. The predicted octanol–water partition coefficient (Wildman–Crippen LogP) is 19.2. The lowest BCUT2D eigenvalue weighted by Gasteiger charge is -2.18. The molecule has 0 bridgehead atoms. The Morgan fingerprint density at radius 1 is 0.296 bits per heavy atom. The second-order valence-electron chi connectivity index (χ2n) is 18.1. The van der Waals surface area contributed by atoms with E-state index in [9.17, 15) is 14.4 Å². The van der Waals surface area contributed by atoms with Gasteiger partial charge in [0.15, 0.2) is 6.10 Å². The van der Waals surface area contributed by atoms with Crippen LogP contribution in [-0.2, 0) is 28.6 Å². The van der Waals surface area contributed by atoms with E-state index in [1.54, 1.807) is 0 Å². The fourth-order valence-electron chi connectivity index (χ4n) is 7.07. The van der Waals surface area contributed by atoms with Crippen LogP contribution in [0, 0.1) is 0 Å². The molecule has 0 saturated carbocycles. The highest BCUT2D eigenvalue weighted by molar-refractivity contribution is 5.71. The highest BCUT2D eigenvalue weighted by Crippen LogP contribution is 2.12. The maximum absolute atomic E-state index is 12.8. The summed E-state index contributed by atoms with van der Waals surface area (Å²) in [6.07, 6.45) is 82.7. The van der Waals surface area contributed by atoms with Crippen molar-refractivity contribution >= 4 is 17.9 Å². The topological polar surface area (TPSA) is 78.9 Å². The van der Waals surface area contributed by atoms with Crippen LogP contribution in [0.2, 0.25) is 0 Å². The molecule has 1 atom stereocenters. The van der Waals surface area contributed by atoms with Crippen molar-refractivity contribution in [2.45, 2.75) is 232 Å². The van der Waals surface area contributed by atoms with Gasteiger partial charge in [-0.15, -0.1) is 0 Å². The van der Waals surface area contributed by atoms with E-state index in [-0.39, 0.29) is 44.0 Å². The van der Waals surface area contributed by atoms with Crippen LogP contribution < -0.4 is 0 Å². The first kappa shape index (κ1) is 66.3. The summed E-state index contributed by atoms with van der Waals surface area (Å²) in [5.74, 6) is -1.06. The second kappa shape index (κ2) is 57.9. The molecule has 0 amide bonds. The van der Waals surface area contributed by atoms with Crippen LogP contribution in [0.15, 0.2) is 146 Å². The molecule has 0 N–H and O–H groups in total. The average Bonchev–Trinajstić information content (AvgIpc) is 3.37. The summed E-state index contributed by atoms with van der Waals surface area (Å²) in [5, 5.41) is 0. The first-order valence-corrected chi connectivity index (χ1v) is 28.3. The SMILES string of the molecule is CC/C=C\C/C=C\C/C=C\C/C=C\C/C=C\C/C=C\CCC(=O)OC[C@@H](COC(=O)CCCCCC/C=C\C/C=C\C/C=C\CCCCC)OC(=O)CCCCCC/C=C\C/C=C\C/C=C\CCCCC. The number of ether oxygens (including phenoxy) is 3. The van der Waals surface area contributed by atoms with E-state index in [1.165, 1.54) is 51.4 Å². The Morgan fingerprint density at radius 3 is 0.930 bits per heavy atom. The third kappa shape index (κ3) is 56.1.